The van der Waals surface area contributed by atoms with Crippen molar-refractivity contribution in [1.29, 1.82) is 0 Å². The summed E-state index contributed by atoms with van der Waals surface area (Å²) >= 11 is 0. The van der Waals surface area contributed by atoms with Crippen LogP contribution in [0.15, 0.2) is 71.5 Å². The van der Waals surface area contributed by atoms with Gasteiger partial charge in [0.2, 0.25) is 5.76 Å². The van der Waals surface area contributed by atoms with Gasteiger partial charge in [-0.05, 0) is 30.5 Å². The Balaban J connectivity index is 1.41. The summed E-state index contributed by atoms with van der Waals surface area (Å²) in [5.41, 5.74) is 3.81. The van der Waals surface area contributed by atoms with E-state index in [1.54, 1.807) is 24.2 Å². The Hall–Kier alpha value is -3.41. The van der Waals surface area contributed by atoms with Gasteiger partial charge in [-0.15, -0.1) is 0 Å². The molecule has 136 valence electrons. The molecular formula is C21H20N4O2. The number of hydrogen-bond donors (Lipinski definition) is 0. The molecule has 27 heavy (non-hydrogen) atoms. The molecular weight excluding hydrogens is 340 g/mol. The van der Waals surface area contributed by atoms with Crippen LogP contribution in [0.1, 0.15) is 27.5 Å². The Labute approximate surface area is 157 Å². The maximum Gasteiger partial charge on any atom is 0.292 e. The average Bonchev–Trinajstić information content (AvgIpc) is 3.34. The lowest BCUT2D eigenvalue weighted by Gasteiger charge is -2.14. The van der Waals surface area contributed by atoms with E-state index in [2.05, 4.69) is 22.3 Å². The van der Waals surface area contributed by atoms with Crippen LogP contribution >= 0.6 is 0 Å². The minimum Gasteiger partial charge on any atom is -0.351 e. The van der Waals surface area contributed by atoms with E-state index in [4.69, 9.17) is 4.52 Å². The van der Waals surface area contributed by atoms with E-state index in [0.29, 0.717) is 6.54 Å². The van der Waals surface area contributed by atoms with Crippen molar-refractivity contribution < 1.29 is 9.32 Å². The first-order valence-electron chi connectivity index (χ1n) is 8.86. The minimum atomic E-state index is -0.195. The van der Waals surface area contributed by atoms with Crippen molar-refractivity contribution in [2.45, 2.75) is 19.4 Å². The van der Waals surface area contributed by atoms with Gasteiger partial charge in [-0.2, -0.15) is 0 Å². The van der Waals surface area contributed by atoms with Crippen LogP contribution in [0.25, 0.3) is 5.65 Å². The second-order valence-corrected chi connectivity index (χ2v) is 6.51. The molecule has 0 aliphatic heterocycles. The molecule has 0 aliphatic rings. The van der Waals surface area contributed by atoms with Crippen molar-refractivity contribution in [1.82, 2.24) is 19.4 Å². The fraction of sp³-hybridized carbons (Fsp3) is 0.190. The summed E-state index contributed by atoms with van der Waals surface area (Å²) < 4.78 is 7.25. The third-order valence-electron chi connectivity index (χ3n) is 4.52. The van der Waals surface area contributed by atoms with E-state index in [1.165, 1.54) is 5.56 Å². The highest BCUT2D eigenvalue weighted by molar-refractivity contribution is 5.91. The standard InChI is InChI=1S/C21H20N4O2/c1-24(15-18-14-22-20-9-5-6-12-25(18)20)21(26)19-13-17(23-27-19)11-10-16-7-3-2-4-8-16/h2-9,12-14H,10-11,15H2,1H3. The number of amides is 1. The van der Waals surface area contributed by atoms with E-state index >= 15 is 0 Å². The van der Waals surface area contributed by atoms with E-state index in [0.717, 1.165) is 29.9 Å². The Bertz CT molecular complexity index is 1050. The zero-order chi connectivity index (χ0) is 18.6. The molecule has 1 aromatic carbocycles. The molecule has 0 saturated carbocycles. The van der Waals surface area contributed by atoms with E-state index in [-0.39, 0.29) is 11.7 Å². The number of aryl methyl sites for hydroxylation is 2. The maximum absolute atomic E-state index is 12.7. The molecule has 3 heterocycles. The Morgan fingerprint density at radius 1 is 1.11 bits per heavy atom. The number of imidazole rings is 1. The summed E-state index contributed by atoms with van der Waals surface area (Å²) in [6.07, 6.45) is 5.31. The lowest BCUT2D eigenvalue weighted by Crippen LogP contribution is -2.26. The number of benzene rings is 1. The number of pyridine rings is 1. The normalized spacial score (nSPS) is 11.0. The molecule has 0 spiro atoms. The van der Waals surface area contributed by atoms with Crippen LogP contribution in [0.2, 0.25) is 0 Å². The Morgan fingerprint density at radius 2 is 1.93 bits per heavy atom. The van der Waals surface area contributed by atoms with Crippen LogP contribution in [0.5, 0.6) is 0 Å². The zero-order valence-corrected chi connectivity index (χ0v) is 15.1. The highest BCUT2D eigenvalue weighted by Crippen LogP contribution is 2.13. The summed E-state index contributed by atoms with van der Waals surface area (Å²) in [6.45, 7) is 0.435. The monoisotopic (exact) mass is 360 g/mol. The third kappa shape index (κ3) is 3.74. The van der Waals surface area contributed by atoms with Gasteiger partial charge in [-0.25, -0.2) is 4.98 Å². The van der Waals surface area contributed by atoms with E-state index < -0.39 is 0 Å². The molecule has 0 radical (unpaired) electrons. The second kappa shape index (κ2) is 7.45. The highest BCUT2D eigenvalue weighted by atomic mass is 16.5. The summed E-state index contributed by atoms with van der Waals surface area (Å²) in [5.74, 6) is 0.0636. The Morgan fingerprint density at radius 3 is 2.78 bits per heavy atom. The van der Waals surface area contributed by atoms with Crippen molar-refractivity contribution in [3.8, 4) is 0 Å². The van der Waals surface area contributed by atoms with Gasteiger partial charge in [-0.3, -0.25) is 4.79 Å². The number of aromatic nitrogens is 3. The quantitative estimate of drug-likeness (QED) is 0.529. The first-order valence-corrected chi connectivity index (χ1v) is 8.86. The zero-order valence-electron chi connectivity index (χ0n) is 15.1. The van der Waals surface area contributed by atoms with Gasteiger partial charge in [0.05, 0.1) is 24.1 Å². The molecule has 3 aromatic heterocycles. The molecule has 0 aliphatic carbocycles. The highest BCUT2D eigenvalue weighted by Gasteiger charge is 2.19. The predicted molar refractivity (Wildman–Crippen MR) is 101 cm³/mol. The molecule has 0 saturated heterocycles. The summed E-state index contributed by atoms with van der Waals surface area (Å²) in [5, 5.41) is 4.04. The number of carbonyl (C=O) groups excluding carboxylic acids is 1. The molecule has 6 nitrogen and oxygen atoms in total. The average molecular weight is 360 g/mol. The van der Waals surface area contributed by atoms with Crippen molar-refractivity contribution in [2.75, 3.05) is 7.05 Å². The molecule has 4 aromatic rings. The number of carbonyl (C=O) groups is 1. The lowest BCUT2D eigenvalue weighted by molar-refractivity contribution is 0.0741. The third-order valence-corrected chi connectivity index (χ3v) is 4.52. The van der Waals surface area contributed by atoms with Gasteiger partial charge in [0.1, 0.15) is 5.65 Å². The van der Waals surface area contributed by atoms with Crippen LogP contribution < -0.4 is 0 Å². The molecule has 4 rings (SSSR count). The molecule has 0 fully saturated rings. The first-order chi connectivity index (χ1) is 13.2. The van der Waals surface area contributed by atoms with Crippen LogP contribution in [-0.4, -0.2) is 32.4 Å². The fourth-order valence-corrected chi connectivity index (χ4v) is 3.05. The Kier molecular flexibility index (Phi) is 4.70. The second-order valence-electron chi connectivity index (χ2n) is 6.51. The smallest absolute Gasteiger partial charge is 0.292 e. The van der Waals surface area contributed by atoms with Gasteiger partial charge >= 0.3 is 0 Å². The van der Waals surface area contributed by atoms with E-state index in [1.807, 2.05) is 47.0 Å². The van der Waals surface area contributed by atoms with Crippen molar-refractivity contribution in [3.05, 3.63) is 89.7 Å². The topological polar surface area (TPSA) is 63.6 Å². The summed E-state index contributed by atoms with van der Waals surface area (Å²) in [6, 6.07) is 17.7. The number of fused-ring (bicyclic) bond motifs is 1. The van der Waals surface area contributed by atoms with Crippen molar-refractivity contribution >= 4 is 11.6 Å². The van der Waals surface area contributed by atoms with Crippen LogP contribution in [0.3, 0.4) is 0 Å². The fourth-order valence-electron chi connectivity index (χ4n) is 3.05. The first kappa shape index (κ1) is 17.0. The molecule has 0 bridgehead atoms. The van der Waals surface area contributed by atoms with Gasteiger partial charge in [0.15, 0.2) is 0 Å². The van der Waals surface area contributed by atoms with Crippen LogP contribution in [-0.2, 0) is 19.4 Å². The van der Waals surface area contributed by atoms with Gasteiger partial charge in [0, 0.05) is 19.3 Å². The van der Waals surface area contributed by atoms with E-state index in [9.17, 15) is 4.79 Å². The van der Waals surface area contributed by atoms with Gasteiger partial charge in [-0.1, -0.05) is 41.6 Å². The summed E-state index contributed by atoms with van der Waals surface area (Å²) in [7, 11) is 1.75. The van der Waals surface area contributed by atoms with Crippen LogP contribution in [0.4, 0.5) is 0 Å². The number of hydrogen-bond acceptors (Lipinski definition) is 4. The molecule has 6 heteroatoms. The number of nitrogens with zero attached hydrogens (tertiary/aromatic N) is 4. The lowest BCUT2D eigenvalue weighted by atomic mass is 10.1. The molecule has 0 atom stereocenters. The number of rotatable bonds is 6. The molecule has 0 unspecified atom stereocenters. The van der Waals surface area contributed by atoms with Crippen molar-refractivity contribution in [3.63, 3.8) is 0 Å². The minimum absolute atomic E-state index is 0.195. The van der Waals surface area contributed by atoms with Gasteiger partial charge in [0.25, 0.3) is 5.91 Å². The SMILES string of the molecule is CN(Cc1cnc2ccccn12)C(=O)c1cc(CCc2ccccc2)no1. The molecule has 0 N–H and O–H groups in total. The van der Waals surface area contributed by atoms with Gasteiger partial charge < -0.3 is 13.8 Å². The maximum atomic E-state index is 12.7. The van der Waals surface area contributed by atoms with Crippen LogP contribution in [0, 0.1) is 0 Å². The molecule has 1 amide bonds. The summed E-state index contributed by atoms with van der Waals surface area (Å²) in [4.78, 5) is 18.6. The van der Waals surface area contributed by atoms with Crippen molar-refractivity contribution in [2.24, 2.45) is 0 Å². The predicted octanol–water partition coefficient (Wildman–Crippen LogP) is 3.38. The largest absolute Gasteiger partial charge is 0.351 e.